The molecule has 0 saturated heterocycles. The predicted octanol–water partition coefficient (Wildman–Crippen LogP) is 5.79. The molecule has 2 heterocycles. The molecular weight excluding hydrogens is 500 g/mol. The lowest BCUT2D eigenvalue weighted by Crippen LogP contribution is -2.32. The van der Waals surface area contributed by atoms with Crippen LogP contribution in [-0.2, 0) is 19.1 Å². The second-order valence-corrected chi connectivity index (χ2v) is 9.41. The molecule has 4 rings (SSSR count). The Hall–Kier alpha value is -4.42. The smallest absolute Gasteiger partial charge is 0.336 e. The molecule has 8 nitrogen and oxygen atoms in total. The third-order valence-electron chi connectivity index (χ3n) is 6.04. The molecule has 1 aliphatic rings. The fourth-order valence-corrected chi connectivity index (χ4v) is 5.12. The number of dihydropyridines is 1. The molecule has 0 bridgehead atoms. The largest absolute Gasteiger partial charge is 0.463 e. The molecule has 1 aromatic heterocycles. The number of hydrogen-bond acceptors (Lipinski definition) is 9. The highest BCUT2D eigenvalue weighted by Gasteiger charge is 2.38. The van der Waals surface area contributed by atoms with Gasteiger partial charge >= 0.3 is 11.9 Å². The van der Waals surface area contributed by atoms with Crippen molar-refractivity contribution in [2.75, 3.05) is 18.5 Å². The summed E-state index contributed by atoms with van der Waals surface area (Å²) in [6, 6.07) is 16.9. The zero-order chi connectivity index (χ0) is 27.2. The first-order valence-electron chi connectivity index (χ1n) is 12.2. The van der Waals surface area contributed by atoms with Crippen LogP contribution in [0.3, 0.4) is 0 Å². The number of nitriles is 1. The van der Waals surface area contributed by atoms with E-state index in [-0.39, 0.29) is 13.2 Å². The highest BCUT2D eigenvalue weighted by Crippen LogP contribution is 2.40. The van der Waals surface area contributed by atoms with E-state index in [4.69, 9.17) is 14.7 Å². The molecule has 0 unspecified atom stereocenters. The lowest BCUT2D eigenvalue weighted by molar-refractivity contribution is -0.139. The number of allylic oxidation sites excluding steroid dienone is 2. The summed E-state index contributed by atoms with van der Waals surface area (Å²) in [6.07, 6.45) is 0. The van der Waals surface area contributed by atoms with Crippen molar-refractivity contribution in [2.45, 2.75) is 33.6 Å². The van der Waals surface area contributed by atoms with Gasteiger partial charge in [-0.1, -0.05) is 24.3 Å². The maximum Gasteiger partial charge on any atom is 0.336 e. The first-order chi connectivity index (χ1) is 18.4. The van der Waals surface area contributed by atoms with Crippen molar-refractivity contribution < 1.29 is 19.1 Å². The van der Waals surface area contributed by atoms with E-state index >= 15 is 0 Å². The van der Waals surface area contributed by atoms with Gasteiger partial charge < -0.3 is 20.1 Å². The summed E-state index contributed by atoms with van der Waals surface area (Å²) in [4.78, 5) is 30.8. The first-order valence-corrected chi connectivity index (χ1v) is 13.1. The van der Waals surface area contributed by atoms with Crippen LogP contribution >= 0.6 is 11.3 Å². The molecule has 9 heteroatoms. The molecule has 0 aliphatic carbocycles. The van der Waals surface area contributed by atoms with E-state index in [2.05, 4.69) is 21.7 Å². The molecule has 0 spiro atoms. The van der Waals surface area contributed by atoms with Crippen LogP contribution in [0.5, 0.6) is 0 Å². The standard InChI is InChI=1S/C29H28N4O4S/c1-5-36-27(34)24-17(3)31-18(4)25(28(35)37-6-2)26(24)21-8-7-9-22(14-21)32-29-33-23(16-38-29)20-12-10-19(15-30)11-13-20/h7-14,16,26,31H,5-6H2,1-4H3,(H,32,33). The molecule has 0 atom stereocenters. The third-order valence-corrected chi connectivity index (χ3v) is 6.79. The van der Waals surface area contributed by atoms with Crippen molar-refractivity contribution >= 4 is 34.1 Å². The number of rotatable bonds is 8. The molecular formula is C29H28N4O4S. The minimum atomic E-state index is -0.665. The predicted molar refractivity (Wildman–Crippen MR) is 147 cm³/mol. The van der Waals surface area contributed by atoms with Crippen LogP contribution in [0.1, 0.15) is 44.7 Å². The zero-order valence-electron chi connectivity index (χ0n) is 21.6. The molecule has 2 aromatic carbocycles. The molecule has 0 radical (unpaired) electrons. The highest BCUT2D eigenvalue weighted by molar-refractivity contribution is 7.14. The van der Waals surface area contributed by atoms with Crippen LogP contribution in [0.4, 0.5) is 10.8 Å². The van der Waals surface area contributed by atoms with E-state index in [0.717, 1.165) is 22.5 Å². The Morgan fingerprint density at radius 2 is 1.66 bits per heavy atom. The van der Waals surface area contributed by atoms with E-state index in [0.29, 0.717) is 33.2 Å². The van der Waals surface area contributed by atoms with Gasteiger partial charge in [0.25, 0.3) is 0 Å². The number of esters is 2. The zero-order valence-corrected chi connectivity index (χ0v) is 22.4. The lowest BCUT2D eigenvalue weighted by atomic mass is 9.80. The van der Waals surface area contributed by atoms with E-state index in [9.17, 15) is 9.59 Å². The Kier molecular flexibility index (Phi) is 8.24. The number of carbonyl (C=O) groups is 2. The summed E-state index contributed by atoms with van der Waals surface area (Å²) < 4.78 is 10.7. The van der Waals surface area contributed by atoms with Crippen LogP contribution in [0.25, 0.3) is 11.3 Å². The van der Waals surface area contributed by atoms with Gasteiger partial charge in [0.05, 0.1) is 47.6 Å². The second-order valence-electron chi connectivity index (χ2n) is 8.55. The minimum absolute atomic E-state index is 0.215. The molecule has 2 N–H and O–H groups in total. The first kappa shape index (κ1) is 26.6. The molecule has 3 aromatic rings. The van der Waals surface area contributed by atoms with Gasteiger partial charge in [-0.2, -0.15) is 5.26 Å². The number of benzene rings is 2. The number of nitrogens with zero attached hydrogens (tertiary/aromatic N) is 2. The number of hydrogen-bond donors (Lipinski definition) is 2. The van der Waals surface area contributed by atoms with Crippen molar-refractivity contribution in [3.05, 3.63) is 87.6 Å². The van der Waals surface area contributed by atoms with Crippen molar-refractivity contribution in [3.8, 4) is 17.3 Å². The van der Waals surface area contributed by atoms with Crippen molar-refractivity contribution in [3.63, 3.8) is 0 Å². The minimum Gasteiger partial charge on any atom is -0.463 e. The van der Waals surface area contributed by atoms with Crippen LogP contribution in [-0.4, -0.2) is 30.1 Å². The van der Waals surface area contributed by atoms with Gasteiger partial charge in [-0.15, -0.1) is 11.3 Å². The van der Waals surface area contributed by atoms with E-state index in [1.165, 1.54) is 11.3 Å². The maximum atomic E-state index is 13.0. The normalized spacial score (nSPS) is 13.6. The lowest BCUT2D eigenvalue weighted by Gasteiger charge is -2.30. The third kappa shape index (κ3) is 5.61. The quantitative estimate of drug-likeness (QED) is 0.354. The number of carbonyl (C=O) groups excluding carboxylic acids is 2. The van der Waals surface area contributed by atoms with Gasteiger partial charge in [0.15, 0.2) is 5.13 Å². The van der Waals surface area contributed by atoms with Gasteiger partial charge in [-0.3, -0.25) is 0 Å². The average molecular weight is 529 g/mol. The monoisotopic (exact) mass is 528 g/mol. The number of nitrogens with one attached hydrogen (secondary N) is 2. The fourth-order valence-electron chi connectivity index (χ4n) is 4.38. The Balaban J connectivity index is 1.68. The number of ether oxygens (including phenoxy) is 2. The second kappa shape index (κ2) is 11.8. The number of aromatic nitrogens is 1. The van der Waals surface area contributed by atoms with Crippen LogP contribution < -0.4 is 10.6 Å². The highest BCUT2D eigenvalue weighted by atomic mass is 32.1. The van der Waals surface area contributed by atoms with Gasteiger partial charge in [-0.05, 0) is 57.5 Å². The van der Waals surface area contributed by atoms with Crippen LogP contribution in [0.15, 0.2) is 76.5 Å². The number of anilines is 2. The topological polar surface area (TPSA) is 113 Å². The van der Waals surface area contributed by atoms with Gasteiger partial charge in [0, 0.05) is 28.0 Å². The molecule has 38 heavy (non-hydrogen) atoms. The molecule has 194 valence electrons. The molecule has 0 saturated carbocycles. The summed E-state index contributed by atoms with van der Waals surface area (Å²) in [7, 11) is 0. The van der Waals surface area contributed by atoms with Gasteiger partial charge in [-0.25, -0.2) is 14.6 Å². The summed E-state index contributed by atoms with van der Waals surface area (Å²) >= 11 is 1.45. The Labute approximate surface area is 225 Å². The molecule has 0 fully saturated rings. The van der Waals surface area contributed by atoms with Gasteiger partial charge in [0.1, 0.15) is 0 Å². The molecule has 1 aliphatic heterocycles. The maximum absolute atomic E-state index is 13.0. The van der Waals surface area contributed by atoms with Crippen LogP contribution in [0, 0.1) is 11.3 Å². The number of thiazole rings is 1. The molecule has 0 amide bonds. The SMILES string of the molecule is CCOC(=O)C1=C(C)NC(C)=C(C(=O)OCC)C1c1cccc(Nc2nc(-c3ccc(C#N)cc3)cs2)c1. The summed E-state index contributed by atoms with van der Waals surface area (Å²) in [5.74, 6) is -1.63. The van der Waals surface area contributed by atoms with Crippen molar-refractivity contribution in [2.24, 2.45) is 0 Å². The summed E-state index contributed by atoms with van der Waals surface area (Å²) in [5, 5.41) is 18.1. The van der Waals surface area contributed by atoms with Crippen LogP contribution in [0.2, 0.25) is 0 Å². The fraction of sp³-hybridized carbons (Fsp3) is 0.241. The van der Waals surface area contributed by atoms with E-state index in [1.807, 2.05) is 41.8 Å². The van der Waals surface area contributed by atoms with E-state index < -0.39 is 17.9 Å². The van der Waals surface area contributed by atoms with Crippen molar-refractivity contribution in [1.82, 2.24) is 10.3 Å². The van der Waals surface area contributed by atoms with Gasteiger partial charge in [0.2, 0.25) is 0 Å². The van der Waals surface area contributed by atoms with E-state index in [1.54, 1.807) is 39.8 Å². The summed E-state index contributed by atoms with van der Waals surface area (Å²) in [5.41, 5.74) is 5.79. The Bertz CT molecular complexity index is 1420. The van der Waals surface area contributed by atoms with Crippen molar-refractivity contribution in [1.29, 1.82) is 5.26 Å². The Morgan fingerprint density at radius 3 is 2.24 bits per heavy atom. The Morgan fingerprint density at radius 1 is 1.03 bits per heavy atom. The summed E-state index contributed by atoms with van der Waals surface area (Å²) in [6.45, 7) is 7.52. The average Bonchev–Trinajstić information content (AvgIpc) is 3.37.